The molecule has 0 unspecified atom stereocenters. The smallest absolute Gasteiger partial charge is 0.213 e. The Hall–Kier alpha value is -2.23. The van der Waals surface area contributed by atoms with Gasteiger partial charge in [0.15, 0.2) is 17.5 Å². The molecule has 0 amide bonds. The summed E-state index contributed by atoms with van der Waals surface area (Å²) in [7, 11) is 1.74. The van der Waals surface area contributed by atoms with Crippen molar-refractivity contribution in [1.29, 1.82) is 0 Å². The fourth-order valence-corrected chi connectivity index (χ4v) is 2.83. The Kier molecular flexibility index (Phi) is 7.79. The number of guanidine groups is 1. The molecule has 1 aliphatic heterocycles. The Balaban J connectivity index is 0.00000240. The maximum Gasteiger partial charge on any atom is 0.213 e. The highest BCUT2D eigenvalue weighted by atomic mass is 127. The molecule has 1 aromatic heterocycles. The van der Waals surface area contributed by atoms with E-state index in [2.05, 4.69) is 20.6 Å². The molecule has 29 heavy (non-hydrogen) atoms. The van der Waals surface area contributed by atoms with Gasteiger partial charge < -0.3 is 24.8 Å². The minimum Gasteiger partial charge on any atom is -0.490 e. The van der Waals surface area contributed by atoms with Gasteiger partial charge in [0.2, 0.25) is 5.88 Å². The standard InChI is InChI=1S/C21H26N4O3.HI/c1-22-21(25-17-6-7-18-19(11-17)27-10-2-9-26-18)24-13-16-5-8-20(23-12-16)28-14-15-3-4-15;/h5-8,11-12,15H,2-4,9-10,13-14H2,1H3,(H2,22,24,25);1H. The first-order valence-corrected chi connectivity index (χ1v) is 9.75. The van der Waals surface area contributed by atoms with Crippen molar-refractivity contribution in [2.24, 2.45) is 10.9 Å². The zero-order valence-electron chi connectivity index (χ0n) is 16.5. The normalized spacial score (nSPS) is 15.7. The molecule has 156 valence electrons. The highest BCUT2D eigenvalue weighted by Crippen LogP contribution is 2.32. The van der Waals surface area contributed by atoms with Crippen LogP contribution in [0.1, 0.15) is 24.8 Å². The number of halogens is 1. The third-order valence-corrected chi connectivity index (χ3v) is 4.66. The molecule has 2 N–H and O–H groups in total. The summed E-state index contributed by atoms with van der Waals surface area (Å²) in [5.74, 6) is 3.61. The fourth-order valence-electron chi connectivity index (χ4n) is 2.83. The van der Waals surface area contributed by atoms with Gasteiger partial charge in [-0.2, -0.15) is 0 Å². The van der Waals surface area contributed by atoms with Crippen molar-refractivity contribution in [3.8, 4) is 17.4 Å². The van der Waals surface area contributed by atoms with Crippen LogP contribution in [0.3, 0.4) is 0 Å². The van der Waals surface area contributed by atoms with E-state index in [9.17, 15) is 0 Å². The van der Waals surface area contributed by atoms with Crippen LogP contribution in [-0.4, -0.2) is 37.8 Å². The molecule has 7 nitrogen and oxygen atoms in total. The van der Waals surface area contributed by atoms with Crippen molar-refractivity contribution in [3.05, 3.63) is 42.1 Å². The zero-order valence-corrected chi connectivity index (χ0v) is 18.8. The number of fused-ring (bicyclic) bond motifs is 1. The van der Waals surface area contributed by atoms with E-state index in [0.29, 0.717) is 31.6 Å². The van der Waals surface area contributed by atoms with E-state index in [4.69, 9.17) is 14.2 Å². The van der Waals surface area contributed by atoms with Crippen molar-refractivity contribution in [2.45, 2.75) is 25.8 Å². The molecule has 4 rings (SSSR count). The summed E-state index contributed by atoms with van der Waals surface area (Å²) in [6, 6.07) is 9.73. The van der Waals surface area contributed by atoms with Crippen molar-refractivity contribution in [3.63, 3.8) is 0 Å². The van der Waals surface area contributed by atoms with Crippen LogP contribution in [0, 0.1) is 5.92 Å². The summed E-state index contributed by atoms with van der Waals surface area (Å²) in [5, 5.41) is 6.57. The predicted octanol–water partition coefficient (Wildman–Crippen LogP) is 3.84. The minimum atomic E-state index is 0. The number of hydrogen-bond donors (Lipinski definition) is 2. The molecule has 1 fully saturated rings. The molecule has 1 saturated carbocycles. The summed E-state index contributed by atoms with van der Waals surface area (Å²) in [4.78, 5) is 8.65. The van der Waals surface area contributed by atoms with Gasteiger partial charge in [-0.05, 0) is 36.5 Å². The first-order chi connectivity index (χ1) is 13.8. The number of ether oxygens (including phenoxy) is 3. The maximum absolute atomic E-state index is 5.74. The second-order valence-electron chi connectivity index (χ2n) is 7.02. The molecule has 0 spiro atoms. The van der Waals surface area contributed by atoms with Crippen LogP contribution < -0.4 is 24.8 Å². The number of rotatable bonds is 6. The Bertz CT molecular complexity index is 825. The summed E-state index contributed by atoms with van der Waals surface area (Å²) in [6.07, 6.45) is 5.27. The Labute approximate surface area is 188 Å². The van der Waals surface area contributed by atoms with E-state index in [-0.39, 0.29) is 24.0 Å². The van der Waals surface area contributed by atoms with Crippen LogP contribution in [0.5, 0.6) is 17.4 Å². The fraction of sp³-hybridized carbons (Fsp3) is 0.429. The van der Waals surface area contributed by atoms with Gasteiger partial charge in [-0.15, -0.1) is 24.0 Å². The third kappa shape index (κ3) is 6.38. The SMILES string of the molecule is CN=C(NCc1ccc(OCC2CC2)nc1)Nc1ccc2c(c1)OCCCO2.I. The number of pyridine rings is 1. The van der Waals surface area contributed by atoms with Gasteiger partial charge >= 0.3 is 0 Å². The lowest BCUT2D eigenvalue weighted by molar-refractivity contribution is 0.288. The number of anilines is 1. The number of aliphatic imine (C=N–C) groups is 1. The predicted molar refractivity (Wildman–Crippen MR) is 124 cm³/mol. The Morgan fingerprint density at radius 2 is 2.00 bits per heavy atom. The molecular formula is C21H27IN4O3. The van der Waals surface area contributed by atoms with Gasteiger partial charge in [0.1, 0.15) is 0 Å². The number of hydrogen-bond acceptors (Lipinski definition) is 5. The van der Waals surface area contributed by atoms with Crippen LogP contribution in [0.2, 0.25) is 0 Å². The number of aromatic nitrogens is 1. The van der Waals surface area contributed by atoms with E-state index < -0.39 is 0 Å². The number of nitrogens with zero attached hydrogens (tertiary/aromatic N) is 2. The largest absolute Gasteiger partial charge is 0.490 e. The van der Waals surface area contributed by atoms with E-state index in [1.165, 1.54) is 12.8 Å². The van der Waals surface area contributed by atoms with Crippen molar-refractivity contribution >= 4 is 35.6 Å². The maximum atomic E-state index is 5.74. The lowest BCUT2D eigenvalue weighted by Crippen LogP contribution is -2.30. The molecule has 2 aliphatic rings. The van der Waals surface area contributed by atoms with E-state index in [1.54, 1.807) is 7.05 Å². The molecule has 0 saturated heterocycles. The second-order valence-corrected chi connectivity index (χ2v) is 7.02. The summed E-state index contributed by atoms with van der Waals surface area (Å²) >= 11 is 0. The van der Waals surface area contributed by atoms with Gasteiger partial charge in [-0.3, -0.25) is 4.99 Å². The molecule has 0 atom stereocenters. The van der Waals surface area contributed by atoms with Gasteiger partial charge in [0.25, 0.3) is 0 Å². The van der Waals surface area contributed by atoms with Gasteiger partial charge in [-0.1, -0.05) is 6.07 Å². The summed E-state index contributed by atoms with van der Waals surface area (Å²) in [5.41, 5.74) is 1.94. The van der Waals surface area contributed by atoms with Crippen LogP contribution in [0.25, 0.3) is 0 Å². The quantitative estimate of drug-likeness (QED) is 0.350. The van der Waals surface area contributed by atoms with Crippen LogP contribution >= 0.6 is 24.0 Å². The molecule has 0 bridgehead atoms. The van der Waals surface area contributed by atoms with Gasteiger partial charge in [-0.25, -0.2) is 4.98 Å². The molecule has 1 aliphatic carbocycles. The molecule has 0 radical (unpaired) electrons. The topological polar surface area (TPSA) is 77.0 Å². The molecule has 1 aromatic carbocycles. The molecule has 2 heterocycles. The number of benzene rings is 1. The second kappa shape index (κ2) is 10.5. The van der Waals surface area contributed by atoms with E-state index in [1.807, 2.05) is 36.5 Å². The Morgan fingerprint density at radius 1 is 1.17 bits per heavy atom. The lowest BCUT2D eigenvalue weighted by atomic mass is 10.2. The number of nitrogens with one attached hydrogen (secondary N) is 2. The van der Waals surface area contributed by atoms with Gasteiger partial charge in [0.05, 0.1) is 19.8 Å². The van der Waals surface area contributed by atoms with Crippen molar-refractivity contribution in [2.75, 3.05) is 32.2 Å². The summed E-state index contributed by atoms with van der Waals surface area (Å²) in [6.45, 7) is 2.73. The third-order valence-electron chi connectivity index (χ3n) is 4.66. The lowest BCUT2D eigenvalue weighted by Gasteiger charge is -2.14. The Morgan fingerprint density at radius 3 is 2.72 bits per heavy atom. The van der Waals surface area contributed by atoms with Gasteiger partial charge in [0, 0.05) is 44.0 Å². The van der Waals surface area contributed by atoms with Crippen LogP contribution in [-0.2, 0) is 6.54 Å². The molecular weight excluding hydrogens is 483 g/mol. The summed E-state index contributed by atoms with van der Waals surface area (Å²) < 4.78 is 17.1. The van der Waals surface area contributed by atoms with E-state index in [0.717, 1.165) is 41.7 Å². The van der Waals surface area contributed by atoms with Crippen molar-refractivity contribution in [1.82, 2.24) is 10.3 Å². The first kappa shape index (κ1) is 21.5. The monoisotopic (exact) mass is 510 g/mol. The van der Waals surface area contributed by atoms with Crippen LogP contribution in [0.15, 0.2) is 41.5 Å². The van der Waals surface area contributed by atoms with Crippen LogP contribution in [0.4, 0.5) is 5.69 Å². The average molecular weight is 510 g/mol. The van der Waals surface area contributed by atoms with Crippen molar-refractivity contribution < 1.29 is 14.2 Å². The van der Waals surface area contributed by atoms with E-state index >= 15 is 0 Å². The highest BCUT2D eigenvalue weighted by Gasteiger charge is 2.22. The molecule has 8 heteroatoms. The zero-order chi connectivity index (χ0) is 19.2. The first-order valence-electron chi connectivity index (χ1n) is 9.75. The molecule has 2 aromatic rings. The highest BCUT2D eigenvalue weighted by molar-refractivity contribution is 14.0. The average Bonchev–Trinajstić information content (AvgIpc) is 3.57. The minimum absolute atomic E-state index is 0.